The molecule has 0 heterocycles. The van der Waals surface area contributed by atoms with Crippen molar-refractivity contribution in [2.75, 3.05) is 0 Å². The van der Waals surface area contributed by atoms with Crippen LogP contribution < -0.4 is 10.4 Å². The summed E-state index contributed by atoms with van der Waals surface area (Å²) >= 11 is 0. The van der Waals surface area contributed by atoms with Gasteiger partial charge in [-0.25, -0.2) is 0 Å². The largest absolute Gasteiger partial charge is 0.118 e. The maximum atomic E-state index is 2.37. The molecule has 0 N–H and O–H groups in total. The third-order valence-corrected chi connectivity index (χ3v) is 5.26. The number of benzene rings is 2. The highest BCUT2D eigenvalue weighted by Crippen LogP contribution is 1.99. The lowest BCUT2D eigenvalue weighted by Gasteiger charge is -2.11. The van der Waals surface area contributed by atoms with Gasteiger partial charge < -0.3 is 0 Å². The van der Waals surface area contributed by atoms with E-state index in [1.165, 1.54) is 21.5 Å². The predicted octanol–water partition coefficient (Wildman–Crippen LogP) is 2.54. The van der Waals surface area contributed by atoms with Gasteiger partial charge in [0.1, 0.15) is 8.80 Å². The van der Waals surface area contributed by atoms with E-state index in [-0.39, 0.29) is 0 Å². The maximum Gasteiger partial charge on any atom is 0.118 e. The van der Waals surface area contributed by atoms with E-state index >= 15 is 0 Å². The average molecular weight is 225 g/mol. The molecule has 16 heavy (non-hydrogen) atoms. The van der Waals surface area contributed by atoms with Crippen molar-refractivity contribution in [1.29, 1.82) is 0 Å². The Labute approximate surface area is 99.6 Å². The molecule has 0 aromatic heterocycles. The minimum Gasteiger partial charge on any atom is -0.0628 e. The molecule has 0 atom stereocenters. The molecule has 0 aliphatic rings. The minimum atomic E-state index is -0.589. The predicted molar refractivity (Wildman–Crippen MR) is 73.2 cm³/mol. The van der Waals surface area contributed by atoms with Gasteiger partial charge in [0.2, 0.25) is 0 Å². The van der Waals surface area contributed by atoms with Gasteiger partial charge in [-0.3, -0.25) is 0 Å². The van der Waals surface area contributed by atoms with E-state index in [9.17, 15) is 0 Å². The highest BCUT2D eigenvalue weighted by atomic mass is 28.3. The van der Waals surface area contributed by atoms with Crippen molar-refractivity contribution < 1.29 is 0 Å². The average Bonchev–Trinajstić information content (AvgIpc) is 2.28. The third-order valence-electron chi connectivity index (χ3n) is 2.90. The van der Waals surface area contributed by atoms with Gasteiger partial charge >= 0.3 is 0 Å². The molecule has 1 radical (unpaired) electrons. The van der Waals surface area contributed by atoms with Crippen LogP contribution in [0.2, 0.25) is 6.55 Å². The van der Waals surface area contributed by atoms with Gasteiger partial charge in [-0.1, -0.05) is 76.6 Å². The van der Waals surface area contributed by atoms with Gasteiger partial charge in [-0.2, -0.15) is 0 Å². The SMILES string of the molecule is Cc1cccc([Si](C)c2cccc(C)c2)c1. The van der Waals surface area contributed by atoms with Crippen LogP contribution in [0, 0.1) is 13.8 Å². The van der Waals surface area contributed by atoms with Gasteiger partial charge in [0.25, 0.3) is 0 Å². The van der Waals surface area contributed by atoms with Gasteiger partial charge in [0.15, 0.2) is 0 Å². The Morgan fingerprint density at radius 2 is 1.19 bits per heavy atom. The summed E-state index contributed by atoms with van der Waals surface area (Å²) in [5.41, 5.74) is 2.71. The van der Waals surface area contributed by atoms with Gasteiger partial charge in [0.05, 0.1) is 0 Å². The summed E-state index contributed by atoms with van der Waals surface area (Å²) in [6.45, 7) is 6.69. The van der Waals surface area contributed by atoms with Crippen LogP contribution in [0.25, 0.3) is 0 Å². The Hall–Kier alpha value is -1.34. The van der Waals surface area contributed by atoms with E-state index in [2.05, 4.69) is 68.9 Å². The quantitative estimate of drug-likeness (QED) is 0.689. The lowest BCUT2D eigenvalue weighted by molar-refractivity contribution is 1.48. The van der Waals surface area contributed by atoms with Crippen LogP contribution in [0.4, 0.5) is 0 Å². The summed E-state index contributed by atoms with van der Waals surface area (Å²) in [6.07, 6.45) is 0. The topological polar surface area (TPSA) is 0 Å². The molecule has 0 fully saturated rings. The summed E-state index contributed by atoms with van der Waals surface area (Å²) in [5.74, 6) is 0. The first-order valence-corrected chi connectivity index (χ1v) is 7.64. The highest BCUT2D eigenvalue weighted by Gasteiger charge is 2.10. The van der Waals surface area contributed by atoms with E-state index < -0.39 is 8.80 Å². The van der Waals surface area contributed by atoms with Crippen molar-refractivity contribution in [3.8, 4) is 0 Å². The Morgan fingerprint density at radius 3 is 1.56 bits per heavy atom. The first kappa shape index (κ1) is 11.2. The zero-order valence-electron chi connectivity index (χ0n) is 10.1. The molecule has 0 bridgehead atoms. The zero-order chi connectivity index (χ0) is 11.5. The monoisotopic (exact) mass is 225 g/mol. The van der Waals surface area contributed by atoms with E-state index in [4.69, 9.17) is 0 Å². The van der Waals surface area contributed by atoms with Crippen LogP contribution in [0.3, 0.4) is 0 Å². The van der Waals surface area contributed by atoms with Crippen molar-refractivity contribution in [1.82, 2.24) is 0 Å². The molecule has 0 saturated heterocycles. The van der Waals surface area contributed by atoms with E-state index in [1.54, 1.807) is 0 Å². The Bertz CT molecular complexity index is 443. The highest BCUT2D eigenvalue weighted by molar-refractivity contribution is 6.84. The summed E-state index contributed by atoms with van der Waals surface area (Å²) in [5, 5.41) is 2.99. The molecule has 0 saturated carbocycles. The zero-order valence-corrected chi connectivity index (χ0v) is 11.1. The summed E-state index contributed by atoms with van der Waals surface area (Å²) in [4.78, 5) is 0. The molecular formula is C15H17Si. The van der Waals surface area contributed by atoms with Crippen LogP contribution in [0.1, 0.15) is 11.1 Å². The smallest absolute Gasteiger partial charge is 0.0628 e. The molecule has 0 aliphatic carbocycles. The number of rotatable bonds is 2. The van der Waals surface area contributed by atoms with Crippen molar-refractivity contribution in [3.63, 3.8) is 0 Å². The maximum absolute atomic E-state index is 2.37. The molecule has 0 nitrogen and oxygen atoms in total. The van der Waals surface area contributed by atoms with Gasteiger partial charge in [0, 0.05) is 0 Å². The second-order valence-electron chi connectivity index (χ2n) is 4.36. The Kier molecular flexibility index (Phi) is 3.25. The van der Waals surface area contributed by atoms with Crippen LogP contribution >= 0.6 is 0 Å². The summed E-state index contributed by atoms with van der Waals surface area (Å²) in [6, 6.07) is 17.8. The summed E-state index contributed by atoms with van der Waals surface area (Å²) in [7, 11) is -0.589. The van der Waals surface area contributed by atoms with Crippen molar-refractivity contribution in [3.05, 3.63) is 59.7 Å². The fourth-order valence-electron chi connectivity index (χ4n) is 1.92. The lowest BCUT2D eigenvalue weighted by Crippen LogP contribution is -2.39. The fraction of sp³-hybridized carbons (Fsp3) is 0.200. The van der Waals surface area contributed by atoms with Gasteiger partial charge in [-0.15, -0.1) is 0 Å². The molecular weight excluding hydrogens is 208 g/mol. The third kappa shape index (κ3) is 2.42. The first-order valence-electron chi connectivity index (χ1n) is 5.64. The second kappa shape index (κ2) is 4.66. The number of hydrogen-bond donors (Lipinski definition) is 0. The standard InChI is InChI=1S/C15H17Si/c1-12-6-4-8-14(10-12)16(3)15-9-5-7-13(2)11-15/h4-11H,1-3H3. The van der Waals surface area contributed by atoms with Crippen LogP contribution in [-0.4, -0.2) is 8.80 Å². The molecule has 1 heteroatoms. The molecule has 0 unspecified atom stereocenters. The number of aryl methyl sites for hydroxylation is 2. The Morgan fingerprint density at radius 1 is 0.750 bits per heavy atom. The van der Waals surface area contributed by atoms with Crippen LogP contribution in [-0.2, 0) is 0 Å². The first-order chi connectivity index (χ1) is 7.66. The van der Waals surface area contributed by atoms with Crippen molar-refractivity contribution in [2.45, 2.75) is 20.4 Å². The minimum absolute atomic E-state index is 0.589. The van der Waals surface area contributed by atoms with E-state index in [1.807, 2.05) is 0 Å². The molecule has 2 aromatic carbocycles. The van der Waals surface area contributed by atoms with Crippen molar-refractivity contribution in [2.24, 2.45) is 0 Å². The van der Waals surface area contributed by atoms with Crippen LogP contribution in [0.15, 0.2) is 48.5 Å². The molecule has 81 valence electrons. The van der Waals surface area contributed by atoms with Crippen molar-refractivity contribution >= 4 is 19.2 Å². The molecule has 2 rings (SSSR count). The molecule has 0 aliphatic heterocycles. The molecule has 0 spiro atoms. The second-order valence-corrected chi connectivity index (χ2v) is 6.77. The van der Waals surface area contributed by atoms with Gasteiger partial charge in [-0.05, 0) is 13.8 Å². The number of hydrogen-bond acceptors (Lipinski definition) is 0. The summed E-state index contributed by atoms with van der Waals surface area (Å²) < 4.78 is 0. The Balaban J connectivity index is 2.35. The molecule has 2 aromatic rings. The normalized spacial score (nSPS) is 10.8. The molecule has 0 amide bonds. The van der Waals surface area contributed by atoms with E-state index in [0.717, 1.165) is 0 Å². The van der Waals surface area contributed by atoms with Crippen LogP contribution in [0.5, 0.6) is 0 Å². The lowest BCUT2D eigenvalue weighted by atomic mass is 10.2. The van der Waals surface area contributed by atoms with E-state index in [0.29, 0.717) is 0 Å². The fourth-order valence-corrected chi connectivity index (χ4v) is 3.84.